The van der Waals surface area contributed by atoms with Gasteiger partial charge in [-0.2, -0.15) is 0 Å². The van der Waals surface area contributed by atoms with Gasteiger partial charge >= 0.3 is 0 Å². The third-order valence-electron chi connectivity index (χ3n) is 4.68. The zero-order valence-corrected chi connectivity index (χ0v) is 9.35. The van der Waals surface area contributed by atoms with Gasteiger partial charge in [0.1, 0.15) is 0 Å². The second-order valence-corrected chi connectivity index (χ2v) is 4.81. The zero-order chi connectivity index (χ0) is 9.35. The van der Waals surface area contributed by atoms with Gasteiger partial charge in [0.05, 0.1) is 0 Å². The van der Waals surface area contributed by atoms with Crippen LogP contribution >= 0.6 is 0 Å². The standard InChI is InChI=1S/C12H24/c1-6-9(3)12(7-2)10(4)8-11(12)5/h9-11H,6-8H2,1-5H3. The molecular formula is C12H24. The summed E-state index contributed by atoms with van der Waals surface area (Å²) in [5.41, 5.74) is 0.689. The minimum Gasteiger partial charge on any atom is -0.0651 e. The van der Waals surface area contributed by atoms with Gasteiger partial charge in [-0.1, -0.05) is 41.0 Å². The fraction of sp³-hybridized carbons (Fsp3) is 1.00. The second kappa shape index (κ2) is 3.40. The van der Waals surface area contributed by atoms with Gasteiger partial charge in [-0.15, -0.1) is 0 Å². The third-order valence-corrected chi connectivity index (χ3v) is 4.68. The van der Waals surface area contributed by atoms with Crippen molar-refractivity contribution in [2.75, 3.05) is 0 Å². The van der Waals surface area contributed by atoms with E-state index in [-0.39, 0.29) is 0 Å². The average molecular weight is 168 g/mol. The molecule has 1 rings (SSSR count). The highest BCUT2D eigenvalue weighted by Crippen LogP contribution is 2.58. The van der Waals surface area contributed by atoms with Crippen LogP contribution < -0.4 is 0 Å². The van der Waals surface area contributed by atoms with E-state index in [4.69, 9.17) is 0 Å². The highest BCUT2D eigenvalue weighted by Gasteiger charge is 2.51. The van der Waals surface area contributed by atoms with Crippen molar-refractivity contribution in [1.29, 1.82) is 0 Å². The average Bonchev–Trinajstić information content (AvgIpc) is 2.05. The van der Waals surface area contributed by atoms with Crippen LogP contribution in [-0.2, 0) is 0 Å². The molecule has 0 saturated heterocycles. The molecular weight excluding hydrogens is 144 g/mol. The van der Waals surface area contributed by atoms with Crippen LogP contribution in [0.5, 0.6) is 0 Å². The monoisotopic (exact) mass is 168 g/mol. The molecule has 0 spiro atoms. The topological polar surface area (TPSA) is 0 Å². The summed E-state index contributed by atoms with van der Waals surface area (Å²) < 4.78 is 0. The van der Waals surface area contributed by atoms with E-state index < -0.39 is 0 Å². The molecule has 0 aromatic rings. The Morgan fingerprint density at radius 3 is 1.92 bits per heavy atom. The summed E-state index contributed by atoms with van der Waals surface area (Å²) in [5.74, 6) is 2.85. The minimum absolute atomic E-state index is 0.689. The van der Waals surface area contributed by atoms with Gasteiger partial charge in [0.25, 0.3) is 0 Å². The van der Waals surface area contributed by atoms with Gasteiger partial charge in [0.2, 0.25) is 0 Å². The van der Waals surface area contributed by atoms with Crippen LogP contribution in [0.25, 0.3) is 0 Å². The molecule has 0 heterocycles. The maximum Gasteiger partial charge on any atom is -0.0223 e. The first kappa shape index (κ1) is 10.1. The summed E-state index contributed by atoms with van der Waals surface area (Å²) in [6, 6.07) is 0. The number of hydrogen-bond acceptors (Lipinski definition) is 0. The van der Waals surface area contributed by atoms with E-state index in [1.54, 1.807) is 0 Å². The summed E-state index contributed by atoms with van der Waals surface area (Å²) >= 11 is 0. The van der Waals surface area contributed by atoms with E-state index in [1.807, 2.05) is 0 Å². The predicted octanol–water partition coefficient (Wildman–Crippen LogP) is 4.10. The molecule has 1 aliphatic rings. The molecule has 1 aliphatic carbocycles. The van der Waals surface area contributed by atoms with Crippen LogP contribution in [0.1, 0.15) is 53.9 Å². The summed E-state index contributed by atoms with van der Waals surface area (Å²) in [6.45, 7) is 12.0. The number of hydrogen-bond donors (Lipinski definition) is 0. The van der Waals surface area contributed by atoms with Gasteiger partial charge < -0.3 is 0 Å². The lowest BCUT2D eigenvalue weighted by Gasteiger charge is -2.57. The normalized spacial score (nSPS) is 43.8. The SMILES string of the molecule is CCC(C)C1(CC)C(C)CC1C. The van der Waals surface area contributed by atoms with E-state index in [2.05, 4.69) is 34.6 Å². The Bertz CT molecular complexity index is 140. The summed E-state index contributed by atoms with van der Waals surface area (Å²) in [5, 5.41) is 0. The first-order valence-electron chi connectivity index (χ1n) is 5.59. The Morgan fingerprint density at radius 1 is 1.25 bits per heavy atom. The van der Waals surface area contributed by atoms with Crippen LogP contribution in [0.3, 0.4) is 0 Å². The molecule has 0 aromatic carbocycles. The molecule has 1 saturated carbocycles. The molecule has 3 atom stereocenters. The smallest absolute Gasteiger partial charge is 0.0223 e. The van der Waals surface area contributed by atoms with Gasteiger partial charge in [-0.05, 0) is 36.0 Å². The molecule has 12 heavy (non-hydrogen) atoms. The van der Waals surface area contributed by atoms with Crippen molar-refractivity contribution in [3.8, 4) is 0 Å². The number of rotatable bonds is 3. The Morgan fingerprint density at radius 2 is 1.75 bits per heavy atom. The summed E-state index contributed by atoms with van der Waals surface area (Å²) in [7, 11) is 0. The fourth-order valence-corrected chi connectivity index (χ4v) is 3.69. The van der Waals surface area contributed by atoms with Crippen molar-refractivity contribution in [2.24, 2.45) is 23.2 Å². The Kier molecular flexibility index (Phi) is 2.85. The summed E-state index contributed by atoms with van der Waals surface area (Å²) in [6.07, 6.45) is 4.19. The summed E-state index contributed by atoms with van der Waals surface area (Å²) in [4.78, 5) is 0. The molecule has 0 heteroatoms. The van der Waals surface area contributed by atoms with Crippen molar-refractivity contribution >= 4 is 0 Å². The van der Waals surface area contributed by atoms with Crippen molar-refractivity contribution in [3.63, 3.8) is 0 Å². The molecule has 0 aliphatic heterocycles. The Hall–Kier alpha value is 0. The molecule has 0 bridgehead atoms. The van der Waals surface area contributed by atoms with Crippen molar-refractivity contribution < 1.29 is 0 Å². The zero-order valence-electron chi connectivity index (χ0n) is 9.35. The van der Waals surface area contributed by atoms with Crippen molar-refractivity contribution in [3.05, 3.63) is 0 Å². The highest BCUT2D eigenvalue weighted by atomic mass is 14.6. The lowest BCUT2D eigenvalue weighted by molar-refractivity contribution is -0.0847. The van der Waals surface area contributed by atoms with E-state index in [0.29, 0.717) is 5.41 Å². The van der Waals surface area contributed by atoms with E-state index in [9.17, 15) is 0 Å². The molecule has 0 nitrogen and oxygen atoms in total. The van der Waals surface area contributed by atoms with E-state index in [1.165, 1.54) is 19.3 Å². The minimum atomic E-state index is 0.689. The first-order valence-corrected chi connectivity index (χ1v) is 5.59. The molecule has 1 fully saturated rings. The molecule has 0 amide bonds. The van der Waals surface area contributed by atoms with Gasteiger partial charge in [0, 0.05) is 0 Å². The maximum absolute atomic E-state index is 2.44. The Balaban J connectivity index is 2.74. The molecule has 72 valence electrons. The van der Waals surface area contributed by atoms with Crippen molar-refractivity contribution in [1.82, 2.24) is 0 Å². The van der Waals surface area contributed by atoms with Crippen LogP contribution in [0.2, 0.25) is 0 Å². The second-order valence-electron chi connectivity index (χ2n) is 4.81. The van der Waals surface area contributed by atoms with Gasteiger partial charge in [0.15, 0.2) is 0 Å². The van der Waals surface area contributed by atoms with Gasteiger partial charge in [-0.3, -0.25) is 0 Å². The van der Waals surface area contributed by atoms with Crippen LogP contribution in [0, 0.1) is 23.2 Å². The molecule has 0 aromatic heterocycles. The van der Waals surface area contributed by atoms with Crippen LogP contribution in [-0.4, -0.2) is 0 Å². The molecule has 0 radical (unpaired) electrons. The van der Waals surface area contributed by atoms with Crippen LogP contribution in [0.4, 0.5) is 0 Å². The third kappa shape index (κ3) is 1.11. The first-order chi connectivity index (χ1) is 5.59. The maximum atomic E-state index is 2.44. The molecule has 0 N–H and O–H groups in total. The van der Waals surface area contributed by atoms with Gasteiger partial charge in [-0.25, -0.2) is 0 Å². The van der Waals surface area contributed by atoms with E-state index in [0.717, 1.165) is 17.8 Å². The lowest BCUT2D eigenvalue weighted by atomic mass is 9.47. The van der Waals surface area contributed by atoms with Crippen LogP contribution in [0.15, 0.2) is 0 Å². The highest BCUT2D eigenvalue weighted by molar-refractivity contribution is 5.00. The largest absolute Gasteiger partial charge is 0.0651 e. The van der Waals surface area contributed by atoms with E-state index >= 15 is 0 Å². The lowest BCUT2D eigenvalue weighted by Crippen LogP contribution is -2.50. The predicted molar refractivity (Wildman–Crippen MR) is 55.1 cm³/mol. The molecule has 3 unspecified atom stereocenters. The Labute approximate surface area is 77.7 Å². The fourth-order valence-electron chi connectivity index (χ4n) is 3.69. The quantitative estimate of drug-likeness (QED) is 0.595. The van der Waals surface area contributed by atoms with Crippen molar-refractivity contribution in [2.45, 2.75) is 53.9 Å².